The summed E-state index contributed by atoms with van der Waals surface area (Å²) in [5.41, 5.74) is 3.22. The SMILES string of the molecule is C[C@H](NC(c1ccc(Cl)cc1)C(C)(C)C#N)[C@@H](Cc1ccc(Cl)cc1)c1cccc(C#N)c1. The van der Waals surface area contributed by atoms with Gasteiger partial charge in [-0.3, -0.25) is 0 Å². The molecular weight excluding hydrogens is 449 g/mol. The first-order valence-corrected chi connectivity index (χ1v) is 11.7. The van der Waals surface area contributed by atoms with Crippen molar-refractivity contribution in [3.05, 3.63) is 105 Å². The number of rotatable bonds is 8. The maximum absolute atomic E-state index is 9.91. The summed E-state index contributed by atoms with van der Waals surface area (Å²) in [6, 6.07) is 27.8. The number of hydrogen-bond acceptors (Lipinski definition) is 3. The predicted octanol–water partition coefficient (Wildman–Crippen LogP) is 7.46. The van der Waals surface area contributed by atoms with Gasteiger partial charge in [0, 0.05) is 22.0 Å². The van der Waals surface area contributed by atoms with Gasteiger partial charge < -0.3 is 5.32 Å². The van der Waals surface area contributed by atoms with Crippen LogP contribution < -0.4 is 5.32 Å². The van der Waals surface area contributed by atoms with E-state index in [2.05, 4.69) is 30.4 Å². The van der Waals surface area contributed by atoms with Gasteiger partial charge in [-0.2, -0.15) is 10.5 Å². The van der Waals surface area contributed by atoms with Crippen LogP contribution in [0, 0.1) is 28.1 Å². The third kappa shape index (κ3) is 6.37. The molecule has 0 aromatic heterocycles. The third-order valence-electron chi connectivity index (χ3n) is 6.06. The normalized spacial score (nSPS) is 14.0. The fourth-order valence-electron chi connectivity index (χ4n) is 4.12. The lowest BCUT2D eigenvalue weighted by atomic mass is 9.79. The van der Waals surface area contributed by atoms with Crippen LogP contribution in [0.15, 0.2) is 72.8 Å². The van der Waals surface area contributed by atoms with Crippen LogP contribution in [0.4, 0.5) is 0 Å². The zero-order chi connectivity index (χ0) is 24.0. The summed E-state index contributed by atoms with van der Waals surface area (Å²) in [7, 11) is 0. The Kier molecular flexibility index (Phi) is 8.17. The Labute approximate surface area is 206 Å². The van der Waals surface area contributed by atoms with Crippen molar-refractivity contribution < 1.29 is 0 Å². The van der Waals surface area contributed by atoms with Crippen LogP contribution in [0.2, 0.25) is 10.0 Å². The number of hydrogen-bond donors (Lipinski definition) is 1. The standard InChI is InChI=1S/C28H27Cl2N3/c1-19(33-27(28(2,3)18-32)22-9-13-25(30)14-10-22)26(16-20-7-11-24(29)12-8-20)23-6-4-5-21(15-23)17-31/h4-15,19,26-27,33H,16H2,1-3H3/t19-,26+,27?/m0/s1. The molecule has 168 valence electrons. The average Bonchev–Trinajstić information content (AvgIpc) is 2.82. The van der Waals surface area contributed by atoms with Crippen molar-refractivity contribution in [2.45, 2.75) is 45.2 Å². The van der Waals surface area contributed by atoms with E-state index >= 15 is 0 Å². The van der Waals surface area contributed by atoms with Crippen molar-refractivity contribution in [2.75, 3.05) is 0 Å². The molecule has 3 rings (SSSR count). The number of nitrogens with one attached hydrogen (secondary N) is 1. The molecule has 0 fully saturated rings. The summed E-state index contributed by atoms with van der Waals surface area (Å²) in [5.74, 6) is 0.0729. The number of nitriles is 2. The number of benzene rings is 3. The van der Waals surface area contributed by atoms with Crippen molar-refractivity contribution in [1.82, 2.24) is 5.32 Å². The zero-order valence-electron chi connectivity index (χ0n) is 19.0. The molecule has 33 heavy (non-hydrogen) atoms. The van der Waals surface area contributed by atoms with Gasteiger partial charge >= 0.3 is 0 Å². The fraction of sp³-hybridized carbons (Fsp3) is 0.286. The van der Waals surface area contributed by atoms with E-state index in [0.717, 1.165) is 23.1 Å². The van der Waals surface area contributed by atoms with Crippen LogP contribution in [0.5, 0.6) is 0 Å². The molecule has 1 unspecified atom stereocenters. The topological polar surface area (TPSA) is 59.6 Å². The van der Waals surface area contributed by atoms with Crippen LogP contribution in [0.1, 0.15) is 55.0 Å². The molecule has 3 aromatic carbocycles. The Morgan fingerprint density at radius 1 is 0.879 bits per heavy atom. The van der Waals surface area contributed by atoms with Gasteiger partial charge in [0.05, 0.1) is 29.2 Å². The van der Waals surface area contributed by atoms with Gasteiger partial charge in [0.15, 0.2) is 0 Å². The molecular formula is C28H27Cl2N3. The lowest BCUT2D eigenvalue weighted by molar-refractivity contribution is 0.281. The molecule has 0 saturated carbocycles. The highest BCUT2D eigenvalue weighted by Crippen LogP contribution is 2.36. The van der Waals surface area contributed by atoms with Gasteiger partial charge in [-0.15, -0.1) is 0 Å². The number of nitrogens with zero attached hydrogens (tertiary/aromatic N) is 2. The van der Waals surface area contributed by atoms with Crippen LogP contribution in [0.25, 0.3) is 0 Å². The van der Waals surface area contributed by atoms with Crippen molar-refractivity contribution in [3.8, 4) is 12.1 Å². The molecule has 0 saturated heterocycles. The molecule has 0 amide bonds. The minimum Gasteiger partial charge on any atom is -0.305 e. The molecule has 0 bridgehead atoms. The largest absolute Gasteiger partial charge is 0.305 e. The first kappa shape index (κ1) is 24.8. The molecule has 0 aliphatic heterocycles. The van der Waals surface area contributed by atoms with Crippen molar-refractivity contribution in [1.29, 1.82) is 10.5 Å². The monoisotopic (exact) mass is 475 g/mol. The summed E-state index contributed by atoms with van der Waals surface area (Å²) < 4.78 is 0. The molecule has 0 heterocycles. The Morgan fingerprint density at radius 2 is 1.48 bits per heavy atom. The zero-order valence-corrected chi connectivity index (χ0v) is 20.5. The molecule has 3 nitrogen and oxygen atoms in total. The molecule has 0 radical (unpaired) electrons. The molecule has 3 aromatic rings. The molecule has 5 heteroatoms. The van der Waals surface area contributed by atoms with E-state index in [1.165, 1.54) is 0 Å². The Morgan fingerprint density at radius 3 is 2.06 bits per heavy atom. The summed E-state index contributed by atoms with van der Waals surface area (Å²) in [4.78, 5) is 0. The Balaban J connectivity index is 1.98. The van der Waals surface area contributed by atoms with Crippen LogP contribution in [-0.4, -0.2) is 6.04 Å². The van der Waals surface area contributed by atoms with E-state index in [9.17, 15) is 10.5 Å². The molecule has 0 aliphatic carbocycles. The fourth-order valence-corrected chi connectivity index (χ4v) is 4.37. The van der Waals surface area contributed by atoms with Gasteiger partial charge in [-0.05, 0) is 80.3 Å². The summed E-state index contributed by atoms with van der Waals surface area (Å²) in [6.45, 7) is 6.02. The van der Waals surface area contributed by atoms with Gasteiger partial charge in [-0.1, -0.05) is 59.6 Å². The summed E-state index contributed by atoms with van der Waals surface area (Å²) in [5, 5.41) is 24.4. The van der Waals surface area contributed by atoms with Crippen LogP contribution in [0.3, 0.4) is 0 Å². The van der Waals surface area contributed by atoms with E-state index in [1.54, 1.807) is 0 Å². The quantitative estimate of drug-likeness (QED) is 0.367. The number of halogens is 2. The first-order valence-electron chi connectivity index (χ1n) is 10.9. The van der Waals surface area contributed by atoms with Crippen molar-refractivity contribution in [2.24, 2.45) is 5.41 Å². The highest BCUT2D eigenvalue weighted by molar-refractivity contribution is 6.30. The Bertz CT molecular complexity index is 1160. The van der Waals surface area contributed by atoms with E-state index in [-0.39, 0.29) is 18.0 Å². The first-order chi connectivity index (χ1) is 15.7. The Hall–Kier alpha value is -2.82. The van der Waals surface area contributed by atoms with Gasteiger partial charge in [-0.25, -0.2) is 0 Å². The predicted molar refractivity (Wildman–Crippen MR) is 135 cm³/mol. The summed E-state index contributed by atoms with van der Waals surface area (Å²) in [6.07, 6.45) is 0.764. The van der Waals surface area contributed by atoms with Crippen molar-refractivity contribution >= 4 is 23.2 Å². The second kappa shape index (κ2) is 10.9. The minimum atomic E-state index is -0.651. The van der Waals surface area contributed by atoms with E-state index in [4.69, 9.17) is 23.2 Å². The van der Waals surface area contributed by atoms with Gasteiger partial charge in [0.2, 0.25) is 0 Å². The second-order valence-electron chi connectivity index (χ2n) is 8.95. The molecule has 0 spiro atoms. The average molecular weight is 476 g/mol. The van der Waals surface area contributed by atoms with Gasteiger partial charge in [0.25, 0.3) is 0 Å². The lowest BCUT2D eigenvalue weighted by Crippen LogP contribution is -2.42. The smallest absolute Gasteiger partial charge is 0.0991 e. The minimum absolute atomic E-state index is 0.00271. The van der Waals surface area contributed by atoms with E-state index < -0.39 is 5.41 Å². The van der Waals surface area contributed by atoms with E-state index in [1.807, 2.05) is 80.6 Å². The highest BCUT2D eigenvalue weighted by Gasteiger charge is 2.34. The third-order valence-corrected chi connectivity index (χ3v) is 6.56. The van der Waals surface area contributed by atoms with Gasteiger partial charge in [0.1, 0.15) is 0 Å². The highest BCUT2D eigenvalue weighted by atomic mass is 35.5. The molecule has 0 aliphatic rings. The van der Waals surface area contributed by atoms with Crippen LogP contribution in [-0.2, 0) is 6.42 Å². The van der Waals surface area contributed by atoms with Crippen LogP contribution >= 0.6 is 23.2 Å². The maximum Gasteiger partial charge on any atom is 0.0991 e. The molecule has 1 N–H and O–H groups in total. The van der Waals surface area contributed by atoms with Crippen molar-refractivity contribution in [3.63, 3.8) is 0 Å². The molecule has 3 atom stereocenters. The van der Waals surface area contributed by atoms with E-state index in [0.29, 0.717) is 15.6 Å². The maximum atomic E-state index is 9.91. The summed E-state index contributed by atoms with van der Waals surface area (Å²) >= 11 is 12.2. The second-order valence-corrected chi connectivity index (χ2v) is 9.82. The lowest BCUT2D eigenvalue weighted by Gasteiger charge is -2.35.